The molecule has 28 heavy (non-hydrogen) atoms. The third-order valence-corrected chi connectivity index (χ3v) is 5.32. The highest BCUT2D eigenvalue weighted by Crippen LogP contribution is 2.43. The molecule has 4 rings (SSSR count). The summed E-state index contributed by atoms with van der Waals surface area (Å²) in [6.45, 7) is 1.11. The number of hydrogen-bond acceptors (Lipinski definition) is 7. The van der Waals surface area contributed by atoms with Gasteiger partial charge in [0, 0.05) is 30.2 Å². The normalized spacial score (nSPS) is 20.5. The third-order valence-electron chi connectivity index (χ3n) is 5.32. The molecule has 1 fully saturated rings. The second-order valence-electron chi connectivity index (χ2n) is 7.25. The van der Waals surface area contributed by atoms with Crippen molar-refractivity contribution in [1.82, 2.24) is 4.90 Å². The Morgan fingerprint density at radius 1 is 1.07 bits per heavy atom. The number of β-amino-alcohol motifs (C(OH)–C–C–N with tert-alkyl or cyclic N) is 1. The molecule has 1 saturated heterocycles. The fourth-order valence-corrected chi connectivity index (χ4v) is 3.92. The van der Waals surface area contributed by atoms with Gasteiger partial charge in [-0.1, -0.05) is 12.1 Å². The number of aliphatic hydroxyl groups is 1. The van der Waals surface area contributed by atoms with Crippen molar-refractivity contribution in [2.45, 2.75) is 18.4 Å². The molecule has 0 unspecified atom stereocenters. The van der Waals surface area contributed by atoms with Crippen molar-refractivity contribution in [3.63, 3.8) is 0 Å². The molecule has 0 bridgehead atoms. The number of aliphatic hydroxyl groups excluding tert-OH is 1. The first kappa shape index (κ1) is 18.3. The van der Waals surface area contributed by atoms with Gasteiger partial charge in [-0.3, -0.25) is 4.79 Å². The van der Waals surface area contributed by atoms with Crippen LogP contribution in [-0.4, -0.2) is 51.6 Å². The maximum absolute atomic E-state index is 12.7. The van der Waals surface area contributed by atoms with Gasteiger partial charge in [0.15, 0.2) is 5.43 Å². The first-order valence-electron chi connectivity index (χ1n) is 9.04. The lowest BCUT2D eigenvalue weighted by Gasteiger charge is -2.34. The monoisotopic (exact) mass is 383 g/mol. The Bertz CT molecular complexity index is 1110. The van der Waals surface area contributed by atoms with Crippen LogP contribution in [-0.2, 0) is 0 Å². The Kier molecular flexibility index (Phi) is 4.49. The van der Waals surface area contributed by atoms with Crippen LogP contribution in [0.15, 0.2) is 45.6 Å². The van der Waals surface area contributed by atoms with Crippen molar-refractivity contribution < 1.29 is 24.8 Å². The van der Waals surface area contributed by atoms with Crippen LogP contribution in [0, 0.1) is 0 Å². The van der Waals surface area contributed by atoms with Gasteiger partial charge in [0.1, 0.15) is 34.0 Å². The molecule has 3 aromatic rings. The first-order chi connectivity index (χ1) is 13.4. The highest BCUT2D eigenvalue weighted by atomic mass is 16.3. The summed E-state index contributed by atoms with van der Waals surface area (Å²) in [7, 11) is 1.89. The van der Waals surface area contributed by atoms with E-state index in [4.69, 9.17) is 4.42 Å². The third kappa shape index (κ3) is 2.98. The smallest absolute Gasteiger partial charge is 0.197 e. The number of benzene rings is 2. The van der Waals surface area contributed by atoms with E-state index in [1.807, 2.05) is 11.9 Å². The molecule has 1 aromatic heterocycles. The highest BCUT2D eigenvalue weighted by molar-refractivity contribution is 5.90. The Labute approximate surface area is 160 Å². The lowest BCUT2D eigenvalue weighted by molar-refractivity contribution is 0.0630. The standard InChI is InChI=1S/C21H21NO6/c1-22-7-6-12(17(27)10-22)19-14(24)8-15(25)20-16(26)9-18(28-21(19)20)11-4-2-3-5-13(11)23/h2-5,8-9,12,17,23-25,27H,6-7,10H2,1H3/t12-,17+/m0/s1. The topological polar surface area (TPSA) is 114 Å². The minimum Gasteiger partial charge on any atom is -0.507 e. The predicted octanol–water partition coefficient (Wildman–Crippen LogP) is 2.36. The van der Waals surface area contributed by atoms with Gasteiger partial charge in [-0.05, 0) is 32.1 Å². The number of aromatic hydroxyl groups is 3. The van der Waals surface area contributed by atoms with Crippen LogP contribution in [0.1, 0.15) is 17.9 Å². The minimum atomic E-state index is -0.767. The summed E-state index contributed by atoms with van der Waals surface area (Å²) in [6.07, 6.45) is -0.216. The lowest BCUT2D eigenvalue weighted by Crippen LogP contribution is -2.40. The van der Waals surface area contributed by atoms with E-state index in [0.717, 1.165) is 6.07 Å². The van der Waals surface area contributed by atoms with Crippen LogP contribution in [0.2, 0.25) is 0 Å². The van der Waals surface area contributed by atoms with Crippen molar-refractivity contribution in [2.24, 2.45) is 0 Å². The van der Waals surface area contributed by atoms with E-state index in [0.29, 0.717) is 30.6 Å². The Morgan fingerprint density at radius 3 is 2.54 bits per heavy atom. The number of phenols is 3. The zero-order chi connectivity index (χ0) is 20.0. The molecule has 0 saturated carbocycles. The molecular formula is C21H21NO6. The van der Waals surface area contributed by atoms with Gasteiger partial charge in [-0.2, -0.15) is 0 Å². The van der Waals surface area contributed by atoms with Crippen LogP contribution in [0.5, 0.6) is 17.2 Å². The van der Waals surface area contributed by atoms with E-state index in [1.165, 1.54) is 12.1 Å². The molecule has 2 atom stereocenters. The molecule has 146 valence electrons. The number of para-hydroxylation sites is 1. The average molecular weight is 383 g/mol. The van der Waals surface area contributed by atoms with Crippen molar-refractivity contribution in [3.05, 3.63) is 52.2 Å². The maximum Gasteiger partial charge on any atom is 0.197 e. The molecule has 7 heteroatoms. The van der Waals surface area contributed by atoms with Crippen molar-refractivity contribution in [1.29, 1.82) is 0 Å². The summed E-state index contributed by atoms with van der Waals surface area (Å²) in [5.74, 6) is -1.03. The molecule has 1 aliphatic rings. The number of piperidine rings is 1. The SMILES string of the molecule is CN1CC[C@H](c2c(O)cc(O)c3c(=O)cc(-c4ccccc4O)oc23)[C@H](O)C1. The number of phenolic OH excluding ortho intramolecular Hbond substituents is 3. The van der Waals surface area contributed by atoms with Crippen LogP contribution in [0.4, 0.5) is 0 Å². The highest BCUT2D eigenvalue weighted by Gasteiger charge is 2.33. The maximum atomic E-state index is 12.7. The Balaban J connectivity index is 2.00. The number of nitrogens with zero attached hydrogens (tertiary/aromatic N) is 1. The van der Waals surface area contributed by atoms with Gasteiger partial charge < -0.3 is 29.7 Å². The van der Waals surface area contributed by atoms with Gasteiger partial charge in [-0.15, -0.1) is 0 Å². The molecule has 2 aromatic carbocycles. The van der Waals surface area contributed by atoms with Crippen LogP contribution in [0.25, 0.3) is 22.3 Å². The fourth-order valence-electron chi connectivity index (χ4n) is 3.92. The summed E-state index contributed by atoms with van der Waals surface area (Å²) >= 11 is 0. The Morgan fingerprint density at radius 2 is 1.82 bits per heavy atom. The van der Waals surface area contributed by atoms with Crippen molar-refractivity contribution >= 4 is 11.0 Å². The van der Waals surface area contributed by atoms with Gasteiger partial charge in [-0.25, -0.2) is 0 Å². The number of rotatable bonds is 2. The van der Waals surface area contributed by atoms with Crippen LogP contribution in [0.3, 0.4) is 0 Å². The quantitative estimate of drug-likeness (QED) is 0.537. The van der Waals surface area contributed by atoms with E-state index in [-0.39, 0.29) is 28.2 Å². The van der Waals surface area contributed by atoms with E-state index in [1.54, 1.807) is 18.2 Å². The summed E-state index contributed by atoms with van der Waals surface area (Å²) in [5, 5.41) is 41.4. The van der Waals surface area contributed by atoms with Crippen LogP contribution < -0.4 is 5.43 Å². The molecular weight excluding hydrogens is 362 g/mol. The molecule has 7 nitrogen and oxygen atoms in total. The largest absolute Gasteiger partial charge is 0.507 e. The average Bonchev–Trinajstić information content (AvgIpc) is 2.63. The molecule has 0 spiro atoms. The molecule has 0 radical (unpaired) electrons. The van der Waals surface area contributed by atoms with E-state index < -0.39 is 23.2 Å². The zero-order valence-corrected chi connectivity index (χ0v) is 15.3. The molecule has 2 heterocycles. The molecule has 0 aliphatic carbocycles. The van der Waals surface area contributed by atoms with Gasteiger partial charge in [0.05, 0.1) is 11.7 Å². The molecule has 4 N–H and O–H groups in total. The summed E-state index contributed by atoms with van der Waals surface area (Å²) in [5.41, 5.74) is 0.138. The lowest BCUT2D eigenvalue weighted by atomic mass is 9.85. The molecule has 0 amide bonds. The molecule has 1 aliphatic heterocycles. The number of hydrogen-bond donors (Lipinski definition) is 4. The minimum absolute atomic E-state index is 0.0249. The van der Waals surface area contributed by atoms with Crippen LogP contribution >= 0.6 is 0 Å². The predicted molar refractivity (Wildman–Crippen MR) is 104 cm³/mol. The van der Waals surface area contributed by atoms with Gasteiger partial charge in [0.25, 0.3) is 0 Å². The van der Waals surface area contributed by atoms with E-state index in [2.05, 4.69) is 0 Å². The summed E-state index contributed by atoms with van der Waals surface area (Å²) in [6, 6.07) is 8.73. The number of likely N-dealkylation sites (tertiary alicyclic amines) is 1. The summed E-state index contributed by atoms with van der Waals surface area (Å²) < 4.78 is 5.93. The first-order valence-corrected chi connectivity index (χ1v) is 9.04. The second kappa shape index (κ2) is 6.85. The van der Waals surface area contributed by atoms with Gasteiger partial charge >= 0.3 is 0 Å². The Hall–Kier alpha value is -3.03. The summed E-state index contributed by atoms with van der Waals surface area (Å²) in [4.78, 5) is 14.7. The van der Waals surface area contributed by atoms with Crippen molar-refractivity contribution in [2.75, 3.05) is 20.1 Å². The van der Waals surface area contributed by atoms with Crippen molar-refractivity contribution in [3.8, 4) is 28.6 Å². The number of fused-ring (bicyclic) bond motifs is 1. The fraction of sp³-hybridized carbons (Fsp3) is 0.286. The van der Waals surface area contributed by atoms with E-state index in [9.17, 15) is 25.2 Å². The number of likely N-dealkylation sites (N-methyl/N-ethyl adjacent to an activating group) is 1. The zero-order valence-electron chi connectivity index (χ0n) is 15.3. The van der Waals surface area contributed by atoms with E-state index >= 15 is 0 Å². The van der Waals surface area contributed by atoms with Gasteiger partial charge in [0.2, 0.25) is 0 Å². The second-order valence-corrected chi connectivity index (χ2v) is 7.25.